The molecule has 0 bridgehead atoms. The van der Waals surface area contributed by atoms with Gasteiger partial charge in [0.2, 0.25) is 0 Å². The van der Waals surface area contributed by atoms with Gasteiger partial charge in [0.25, 0.3) is 11.8 Å². The summed E-state index contributed by atoms with van der Waals surface area (Å²) in [5.41, 5.74) is 1.07. The first kappa shape index (κ1) is 23.3. The summed E-state index contributed by atoms with van der Waals surface area (Å²) < 4.78 is 9.82. The van der Waals surface area contributed by atoms with E-state index in [0.717, 1.165) is 0 Å². The van der Waals surface area contributed by atoms with Crippen LogP contribution in [0.15, 0.2) is 60.3 Å². The average Bonchev–Trinajstić information content (AvgIpc) is 2.74. The van der Waals surface area contributed by atoms with E-state index >= 15 is 0 Å². The number of nitrogens with one attached hydrogen (secondary N) is 2. The van der Waals surface area contributed by atoms with E-state index < -0.39 is 17.8 Å². The smallest absolute Gasteiger partial charge is 0.308 e. The molecular weight excluding hydrogens is 400 g/mol. The summed E-state index contributed by atoms with van der Waals surface area (Å²) in [6.07, 6.45) is 1.95. The highest BCUT2D eigenvalue weighted by Gasteiger charge is 2.14. The second-order valence-electron chi connectivity index (χ2n) is 6.49. The normalized spacial score (nSPS) is 10.7. The summed E-state index contributed by atoms with van der Waals surface area (Å²) in [6.45, 7) is 3.06. The molecule has 0 radical (unpaired) electrons. The lowest BCUT2D eigenvalue weighted by Crippen LogP contribution is -2.35. The molecule has 0 aliphatic rings. The van der Waals surface area contributed by atoms with Crippen LogP contribution in [0.25, 0.3) is 6.08 Å². The van der Waals surface area contributed by atoms with E-state index in [1.54, 1.807) is 54.6 Å². The van der Waals surface area contributed by atoms with Gasteiger partial charge in [0.15, 0.2) is 0 Å². The average molecular weight is 424 g/mol. The second kappa shape index (κ2) is 11.9. The van der Waals surface area contributed by atoms with Crippen LogP contribution in [0, 0.1) is 0 Å². The molecule has 2 N–H and O–H groups in total. The Morgan fingerprint density at radius 2 is 1.58 bits per heavy atom. The van der Waals surface area contributed by atoms with Gasteiger partial charge in [0.05, 0.1) is 6.61 Å². The van der Waals surface area contributed by atoms with Crippen molar-refractivity contribution in [3.8, 4) is 5.75 Å². The predicted octanol–water partition coefficient (Wildman–Crippen LogP) is 2.45. The molecule has 2 aromatic rings. The van der Waals surface area contributed by atoms with Gasteiger partial charge < -0.3 is 20.1 Å². The molecule has 31 heavy (non-hydrogen) atoms. The first-order valence-electron chi connectivity index (χ1n) is 9.63. The monoisotopic (exact) mass is 424 g/mol. The van der Waals surface area contributed by atoms with Gasteiger partial charge in [0, 0.05) is 26.0 Å². The van der Waals surface area contributed by atoms with E-state index in [1.807, 2.05) is 0 Å². The fraction of sp³-hybridized carbons (Fsp3) is 0.217. The zero-order valence-corrected chi connectivity index (χ0v) is 17.3. The summed E-state index contributed by atoms with van der Waals surface area (Å²) in [4.78, 5) is 47.0. The van der Waals surface area contributed by atoms with Crippen LogP contribution in [-0.2, 0) is 19.1 Å². The maximum absolute atomic E-state index is 12.7. The molecule has 0 atom stereocenters. The van der Waals surface area contributed by atoms with E-state index in [4.69, 9.17) is 9.47 Å². The van der Waals surface area contributed by atoms with Gasteiger partial charge in [-0.15, -0.1) is 0 Å². The maximum Gasteiger partial charge on any atom is 0.308 e. The van der Waals surface area contributed by atoms with Crippen molar-refractivity contribution in [3.05, 3.63) is 71.4 Å². The van der Waals surface area contributed by atoms with Crippen LogP contribution in [0.4, 0.5) is 0 Å². The van der Waals surface area contributed by atoms with E-state index in [1.165, 1.54) is 19.9 Å². The molecule has 0 saturated carbocycles. The first-order valence-corrected chi connectivity index (χ1v) is 9.63. The Morgan fingerprint density at radius 1 is 0.903 bits per heavy atom. The van der Waals surface area contributed by atoms with Crippen LogP contribution in [0.5, 0.6) is 5.75 Å². The summed E-state index contributed by atoms with van der Waals surface area (Å²) in [5.74, 6) is -1.38. The molecule has 0 fully saturated rings. The number of esters is 2. The molecule has 0 heterocycles. The lowest BCUT2D eigenvalue weighted by atomic mass is 10.1. The van der Waals surface area contributed by atoms with Crippen LogP contribution in [0.1, 0.15) is 36.2 Å². The minimum Gasteiger partial charge on any atom is -0.466 e. The van der Waals surface area contributed by atoms with E-state index in [9.17, 15) is 19.2 Å². The number of amides is 2. The van der Waals surface area contributed by atoms with Gasteiger partial charge in [-0.05, 0) is 42.3 Å². The van der Waals surface area contributed by atoms with Crippen molar-refractivity contribution in [3.63, 3.8) is 0 Å². The Morgan fingerprint density at radius 3 is 2.19 bits per heavy atom. The predicted molar refractivity (Wildman–Crippen MR) is 114 cm³/mol. The van der Waals surface area contributed by atoms with E-state index in [2.05, 4.69) is 10.6 Å². The topological polar surface area (TPSA) is 111 Å². The molecule has 0 saturated heterocycles. The summed E-state index contributed by atoms with van der Waals surface area (Å²) >= 11 is 0. The van der Waals surface area contributed by atoms with Gasteiger partial charge in [-0.2, -0.15) is 0 Å². The van der Waals surface area contributed by atoms with Crippen LogP contribution in [0.3, 0.4) is 0 Å². The minimum atomic E-state index is -0.490. The summed E-state index contributed by atoms with van der Waals surface area (Å²) in [7, 11) is 0. The van der Waals surface area contributed by atoms with Gasteiger partial charge in [-0.3, -0.25) is 19.2 Å². The molecule has 2 amide bonds. The standard InChI is InChI=1S/C23H24N2O6/c1-16(26)30-14-6-13-24-23(29)21(25-22(28)19-7-4-3-5-8-19)15-18-9-11-20(12-10-18)31-17(2)27/h3-5,7-12,15H,6,13-14H2,1-2H3,(H,24,29)(H,25,28)/b21-15+. The highest BCUT2D eigenvalue weighted by atomic mass is 16.5. The van der Waals surface area contributed by atoms with Gasteiger partial charge >= 0.3 is 11.9 Å². The van der Waals surface area contributed by atoms with Crippen molar-refractivity contribution in [1.82, 2.24) is 10.6 Å². The molecule has 2 aromatic carbocycles. The van der Waals surface area contributed by atoms with Crippen molar-refractivity contribution in [1.29, 1.82) is 0 Å². The summed E-state index contributed by atoms with van der Waals surface area (Å²) in [5, 5.41) is 5.32. The molecule has 0 aliphatic carbocycles. The number of carbonyl (C=O) groups excluding carboxylic acids is 4. The number of carbonyl (C=O) groups is 4. The Hall–Kier alpha value is -3.94. The van der Waals surface area contributed by atoms with E-state index in [0.29, 0.717) is 23.3 Å². The number of hydrogen-bond donors (Lipinski definition) is 2. The Labute approximate surface area is 180 Å². The van der Waals surface area contributed by atoms with Crippen molar-refractivity contribution >= 4 is 29.8 Å². The number of hydrogen-bond acceptors (Lipinski definition) is 6. The lowest BCUT2D eigenvalue weighted by Gasteiger charge is -2.11. The molecular formula is C23H24N2O6. The highest BCUT2D eigenvalue weighted by Crippen LogP contribution is 2.15. The second-order valence-corrected chi connectivity index (χ2v) is 6.49. The third-order valence-electron chi connectivity index (χ3n) is 3.89. The minimum absolute atomic E-state index is 0.0431. The zero-order valence-electron chi connectivity index (χ0n) is 17.3. The van der Waals surface area contributed by atoms with Crippen molar-refractivity contribution in [2.24, 2.45) is 0 Å². The SMILES string of the molecule is CC(=O)OCCCNC(=O)/C(=C\c1ccc(OC(C)=O)cc1)NC(=O)c1ccccc1. The van der Waals surface area contributed by atoms with Crippen molar-refractivity contribution in [2.75, 3.05) is 13.2 Å². The van der Waals surface area contributed by atoms with Gasteiger partial charge in [-0.25, -0.2) is 0 Å². The van der Waals surface area contributed by atoms with Crippen LogP contribution < -0.4 is 15.4 Å². The molecule has 0 aliphatic heterocycles. The van der Waals surface area contributed by atoms with Crippen molar-refractivity contribution in [2.45, 2.75) is 20.3 Å². The Bertz CT molecular complexity index is 952. The largest absolute Gasteiger partial charge is 0.466 e. The maximum atomic E-state index is 12.7. The number of ether oxygens (including phenoxy) is 2. The fourth-order valence-electron chi connectivity index (χ4n) is 2.49. The summed E-state index contributed by atoms with van der Waals surface area (Å²) in [6, 6.07) is 15.0. The zero-order chi connectivity index (χ0) is 22.6. The third kappa shape index (κ3) is 8.53. The van der Waals surface area contributed by atoms with Gasteiger partial charge in [-0.1, -0.05) is 30.3 Å². The van der Waals surface area contributed by atoms with E-state index in [-0.39, 0.29) is 24.8 Å². The Balaban J connectivity index is 2.13. The molecule has 2 rings (SSSR count). The molecule has 8 nitrogen and oxygen atoms in total. The molecule has 0 aromatic heterocycles. The van der Waals surface area contributed by atoms with Gasteiger partial charge in [0.1, 0.15) is 11.4 Å². The fourth-order valence-corrected chi connectivity index (χ4v) is 2.49. The van der Waals surface area contributed by atoms with Crippen LogP contribution >= 0.6 is 0 Å². The highest BCUT2D eigenvalue weighted by molar-refractivity contribution is 6.05. The lowest BCUT2D eigenvalue weighted by molar-refractivity contribution is -0.141. The Kier molecular flexibility index (Phi) is 8.97. The molecule has 0 spiro atoms. The van der Waals surface area contributed by atoms with Crippen LogP contribution in [-0.4, -0.2) is 36.9 Å². The number of rotatable bonds is 9. The third-order valence-corrected chi connectivity index (χ3v) is 3.89. The number of benzene rings is 2. The first-order chi connectivity index (χ1) is 14.8. The molecule has 8 heteroatoms. The van der Waals surface area contributed by atoms with Crippen LogP contribution in [0.2, 0.25) is 0 Å². The van der Waals surface area contributed by atoms with Crippen molar-refractivity contribution < 1.29 is 28.7 Å². The molecule has 162 valence electrons. The molecule has 0 unspecified atom stereocenters. The quantitative estimate of drug-likeness (QED) is 0.277.